The summed E-state index contributed by atoms with van der Waals surface area (Å²) in [6.07, 6.45) is 0. The van der Waals surface area contributed by atoms with E-state index in [0.717, 1.165) is 33.5 Å². The molecule has 5 heteroatoms. The van der Waals surface area contributed by atoms with E-state index in [1.807, 2.05) is 0 Å². The summed E-state index contributed by atoms with van der Waals surface area (Å²) in [6, 6.07) is 44.6. The lowest BCUT2D eigenvalue weighted by Crippen LogP contribution is -2.59. The van der Waals surface area contributed by atoms with Crippen molar-refractivity contribution < 1.29 is 0 Å². The van der Waals surface area contributed by atoms with E-state index >= 15 is 0 Å². The molecule has 368 valence electrons. The third-order valence-electron chi connectivity index (χ3n) is 16.5. The second-order valence-electron chi connectivity index (χ2n) is 28.1. The first-order chi connectivity index (χ1) is 34.0. The zero-order valence-corrected chi connectivity index (χ0v) is 46.8. The van der Waals surface area contributed by atoms with Gasteiger partial charge >= 0.3 is 0 Å². The van der Waals surface area contributed by atoms with Crippen LogP contribution in [0.1, 0.15) is 158 Å². The van der Waals surface area contributed by atoms with Crippen LogP contribution in [0.15, 0.2) is 115 Å². The Morgan fingerprint density at radius 1 is 0.384 bits per heavy atom. The number of hydrogen-bond acceptors (Lipinski definition) is 2. The highest BCUT2D eigenvalue weighted by Crippen LogP contribution is 2.48. The molecular weight excluding hydrogens is 884 g/mol. The number of benzene rings is 7. The summed E-state index contributed by atoms with van der Waals surface area (Å²) < 4.78 is 5.38. The number of fused-ring (bicyclic) bond motifs is 11. The van der Waals surface area contributed by atoms with Crippen LogP contribution in [0.3, 0.4) is 0 Å². The van der Waals surface area contributed by atoms with E-state index in [1.165, 1.54) is 105 Å². The maximum absolute atomic E-state index is 5.62. The third kappa shape index (κ3) is 7.14. The van der Waals surface area contributed by atoms with Crippen LogP contribution in [0.4, 0.5) is 0 Å². The summed E-state index contributed by atoms with van der Waals surface area (Å²) in [6.45, 7) is 42.9. The fourth-order valence-electron chi connectivity index (χ4n) is 12.4. The van der Waals surface area contributed by atoms with Crippen LogP contribution < -0.4 is 16.4 Å². The van der Waals surface area contributed by atoms with Gasteiger partial charge in [0.05, 0.1) is 22.2 Å². The largest absolute Gasteiger partial charge is 0.310 e. The molecule has 0 saturated carbocycles. The first-order valence-electron chi connectivity index (χ1n) is 26.9. The van der Waals surface area contributed by atoms with Gasteiger partial charge in [0.15, 0.2) is 5.82 Å². The molecule has 0 amide bonds. The van der Waals surface area contributed by atoms with E-state index in [4.69, 9.17) is 9.97 Å². The van der Waals surface area contributed by atoms with Crippen LogP contribution in [0.25, 0.3) is 88.5 Å². The molecule has 2 aliphatic heterocycles. The van der Waals surface area contributed by atoms with Gasteiger partial charge in [0, 0.05) is 60.5 Å². The van der Waals surface area contributed by atoms with E-state index in [-0.39, 0.29) is 39.2 Å². The minimum Gasteiger partial charge on any atom is -0.310 e. The molecule has 0 spiro atoms. The topological polar surface area (TPSA) is 35.6 Å². The van der Waals surface area contributed by atoms with Gasteiger partial charge in [0.25, 0.3) is 6.71 Å². The monoisotopic (exact) mass is 957 g/mol. The van der Waals surface area contributed by atoms with Gasteiger partial charge in [-0.1, -0.05) is 197 Å². The molecule has 2 aliphatic rings. The second kappa shape index (κ2) is 15.1. The van der Waals surface area contributed by atoms with Gasteiger partial charge in [0.1, 0.15) is 0 Å². The van der Waals surface area contributed by atoms with Crippen LogP contribution in [-0.4, -0.2) is 25.8 Å². The van der Waals surface area contributed by atoms with Crippen molar-refractivity contribution in [1.29, 1.82) is 0 Å². The lowest BCUT2D eigenvalue weighted by Gasteiger charge is -2.36. The molecule has 5 heterocycles. The van der Waals surface area contributed by atoms with Gasteiger partial charge in [-0.05, 0) is 125 Å². The minimum absolute atomic E-state index is 0.0416. The van der Waals surface area contributed by atoms with Gasteiger partial charge < -0.3 is 9.13 Å². The van der Waals surface area contributed by atoms with Gasteiger partial charge in [-0.2, -0.15) is 0 Å². The third-order valence-corrected chi connectivity index (χ3v) is 16.5. The molecule has 0 fully saturated rings. The number of hydrogen-bond donors (Lipinski definition) is 0. The molecule has 4 nitrogen and oxygen atoms in total. The lowest BCUT2D eigenvalue weighted by molar-refractivity contribution is 0.572. The number of nitrogens with zero attached hydrogens (tertiary/aromatic N) is 4. The van der Waals surface area contributed by atoms with E-state index < -0.39 is 0 Å². The highest BCUT2D eigenvalue weighted by molar-refractivity contribution is 7.00. The van der Waals surface area contributed by atoms with E-state index in [1.54, 1.807) is 0 Å². The standard InChI is InChI=1S/C68H73BN4/c1-63(2,3)40-30-45-56-47(67(13,14)15)32-42(65(7,8)9)36-52(56)72-54-28-39(62-70-51-27-23-22-26-44(51)59(71-62)38-24-20-19-21-25-38)29-55-58(54)69(49(34-40)60(45)72)50-35-41(64(4,5)6)31-46-57-48(68(16,17)18)33-43(66(10,11)12)37-53(57)73(55)61(46)50/h19-37H,1-18H3. The van der Waals surface area contributed by atoms with Crippen LogP contribution in [0.5, 0.6) is 0 Å². The summed E-state index contributed by atoms with van der Waals surface area (Å²) in [5.74, 6) is 0.729. The molecule has 12 rings (SSSR count). The molecule has 0 aliphatic carbocycles. The van der Waals surface area contributed by atoms with Crippen molar-refractivity contribution in [3.63, 3.8) is 0 Å². The molecule has 10 aromatic rings. The van der Waals surface area contributed by atoms with Crippen molar-refractivity contribution in [1.82, 2.24) is 19.1 Å². The molecular formula is C68H73BN4. The first kappa shape index (κ1) is 47.5. The number of rotatable bonds is 2. The average Bonchev–Trinajstić information content (AvgIpc) is 3.82. The Labute approximate surface area is 434 Å². The predicted octanol–water partition coefficient (Wildman–Crippen LogP) is 16.1. The van der Waals surface area contributed by atoms with Crippen molar-refractivity contribution in [3.05, 3.63) is 149 Å². The summed E-state index contributed by atoms with van der Waals surface area (Å²) in [4.78, 5) is 11.1. The van der Waals surface area contributed by atoms with Crippen LogP contribution in [0, 0.1) is 0 Å². The quantitative estimate of drug-likeness (QED) is 0.162. The van der Waals surface area contributed by atoms with Crippen molar-refractivity contribution in [3.8, 4) is 34.0 Å². The number of aromatic nitrogens is 4. The molecule has 73 heavy (non-hydrogen) atoms. The summed E-state index contributed by atoms with van der Waals surface area (Å²) in [7, 11) is 0. The Morgan fingerprint density at radius 3 is 1.25 bits per heavy atom. The molecule has 7 aromatic carbocycles. The normalized spacial score (nSPS) is 14.1. The molecule has 0 radical (unpaired) electrons. The van der Waals surface area contributed by atoms with Gasteiger partial charge in [0.2, 0.25) is 0 Å². The highest BCUT2D eigenvalue weighted by atomic mass is 15.0. The Balaban J connectivity index is 1.36. The fourth-order valence-corrected chi connectivity index (χ4v) is 12.4. The summed E-state index contributed by atoms with van der Waals surface area (Å²) >= 11 is 0. The Kier molecular flexibility index (Phi) is 9.82. The smallest absolute Gasteiger partial charge is 0.252 e. The zero-order valence-electron chi connectivity index (χ0n) is 46.8. The van der Waals surface area contributed by atoms with E-state index in [0.29, 0.717) is 0 Å². The molecule has 3 aromatic heterocycles. The fraction of sp³-hybridized carbons (Fsp3) is 0.353. The second-order valence-corrected chi connectivity index (χ2v) is 28.1. The summed E-state index contributed by atoms with van der Waals surface area (Å²) in [5.41, 5.74) is 23.3. The Morgan fingerprint density at radius 2 is 0.808 bits per heavy atom. The van der Waals surface area contributed by atoms with Crippen molar-refractivity contribution in [2.75, 3.05) is 0 Å². The van der Waals surface area contributed by atoms with Crippen molar-refractivity contribution in [2.45, 2.75) is 157 Å². The maximum atomic E-state index is 5.62. The van der Waals surface area contributed by atoms with Crippen LogP contribution >= 0.6 is 0 Å². The minimum atomic E-state index is -0.124. The predicted molar refractivity (Wildman–Crippen MR) is 316 cm³/mol. The van der Waals surface area contributed by atoms with Crippen LogP contribution in [-0.2, 0) is 32.5 Å². The van der Waals surface area contributed by atoms with Gasteiger partial charge in [-0.15, -0.1) is 0 Å². The van der Waals surface area contributed by atoms with E-state index in [2.05, 4.69) is 249 Å². The van der Waals surface area contributed by atoms with Gasteiger partial charge in [-0.3, -0.25) is 0 Å². The Hall–Kier alpha value is -6.46. The SMILES string of the molecule is CC(C)(C)c1cc2c3c(c1)c1c(C(C)(C)C)cc(C(C)(C)C)cc1n3-c1cc(-c3nc(-c4ccccc4)c4ccccc4n3)cc3c1B2c1cc(C(C)(C)C)cc2c4c(C(C)(C)C)cc(C(C)(C)C)cc4n-3c12. The van der Waals surface area contributed by atoms with Crippen molar-refractivity contribution in [2.24, 2.45) is 0 Å². The van der Waals surface area contributed by atoms with Gasteiger partial charge in [-0.25, -0.2) is 9.97 Å². The average molecular weight is 957 g/mol. The summed E-state index contributed by atoms with van der Waals surface area (Å²) in [5, 5.41) is 6.45. The van der Waals surface area contributed by atoms with Crippen molar-refractivity contribution >= 4 is 77.6 Å². The molecule has 0 unspecified atom stereocenters. The molecule has 0 atom stereocenters. The first-order valence-corrected chi connectivity index (χ1v) is 26.9. The zero-order chi connectivity index (χ0) is 52.0. The Bertz CT molecular complexity index is 3810. The maximum Gasteiger partial charge on any atom is 0.252 e. The molecule has 0 N–H and O–H groups in total. The highest BCUT2D eigenvalue weighted by Gasteiger charge is 2.44. The lowest BCUT2D eigenvalue weighted by atomic mass is 9.34. The molecule has 0 bridgehead atoms. The van der Waals surface area contributed by atoms with Crippen LogP contribution in [0.2, 0.25) is 0 Å². The molecule has 0 saturated heterocycles. The number of para-hydroxylation sites is 1. The van der Waals surface area contributed by atoms with E-state index in [9.17, 15) is 0 Å².